The van der Waals surface area contributed by atoms with E-state index in [0.29, 0.717) is 30.5 Å². The summed E-state index contributed by atoms with van der Waals surface area (Å²) in [5.41, 5.74) is 3.27. The molecule has 4 rings (SSSR count). The van der Waals surface area contributed by atoms with Gasteiger partial charge in [0, 0.05) is 18.2 Å². The molecule has 1 aliphatic rings. The van der Waals surface area contributed by atoms with Gasteiger partial charge >= 0.3 is 5.69 Å². The summed E-state index contributed by atoms with van der Waals surface area (Å²) in [4.78, 5) is 13.6. The van der Waals surface area contributed by atoms with Crippen LogP contribution in [0.1, 0.15) is 34.8 Å². The molecule has 1 N–H and O–H groups in total. The van der Waals surface area contributed by atoms with E-state index in [-0.39, 0.29) is 29.0 Å². The van der Waals surface area contributed by atoms with Crippen LogP contribution in [0.4, 0.5) is 5.69 Å². The van der Waals surface area contributed by atoms with Gasteiger partial charge in [0.05, 0.1) is 11.0 Å². The number of likely N-dealkylation sites (N-methyl/N-ethyl adjacent to an activating group) is 1. The van der Waals surface area contributed by atoms with Crippen molar-refractivity contribution in [2.45, 2.75) is 38.1 Å². The number of nitrogens with zero attached hydrogens (tertiary/aromatic N) is 2. The van der Waals surface area contributed by atoms with Crippen LogP contribution in [0, 0.1) is 10.1 Å². The highest BCUT2D eigenvalue weighted by Crippen LogP contribution is 2.42. The van der Waals surface area contributed by atoms with E-state index < -0.39 is 6.10 Å². The van der Waals surface area contributed by atoms with E-state index >= 15 is 0 Å². The average Bonchev–Trinajstić information content (AvgIpc) is 2.78. The fourth-order valence-electron chi connectivity index (χ4n) is 4.33. The molecule has 0 spiro atoms. The molecule has 6 nitrogen and oxygen atoms in total. The summed E-state index contributed by atoms with van der Waals surface area (Å²) in [6.45, 7) is 0.962. The minimum absolute atomic E-state index is 0.0309. The maximum absolute atomic E-state index is 11.9. The molecule has 6 heteroatoms. The van der Waals surface area contributed by atoms with E-state index in [4.69, 9.17) is 4.74 Å². The van der Waals surface area contributed by atoms with Crippen molar-refractivity contribution >= 4 is 5.69 Å². The molecular weight excluding hydrogens is 392 g/mol. The molecule has 0 aliphatic heterocycles. The largest absolute Gasteiger partial charge is 0.482 e. The van der Waals surface area contributed by atoms with Crippen molar-refractivity contribution in [2.24, 2.45) is 0 Å². The van der Waals surface area contributed by atoms with Crippen molar-refractivity contribution in [1.29, 1.82) is 0 Å². The van der Waals surface area contributed by atoms with Crippen LogP contribution in [0.5, 0.6) is 5.75 Å². The van der Waals surface area contributed by atoms with E-state index in [0.717, 1.165) is 5.56 Å². The first-order chi connectivity index (χ1) is 15.0. The number of aliphatic hydroxyl groups is 1. The SMILES string of the molecule is CN(Cc1ccccc1)[C@@H]1CCc2c(ccc(OCc3ccccc3)c2[N+](=O)[O-])[C@H]1O. The van der Waals surface area contributed by atoms with Crippen LogP contribution >= 0.6 is 0 Å². The minimum atomic E-state index is -0.792. The zero-order valence-electron chi connectivity index (χ0n) is 17.5. The number of nitro benzene ring substituents is 1. The maximum atomic E-state index is 11.9. The summed E-state index contributed by atoms with van der Waals surface area (Å²) in [5, 5.41) is 23.0. The van der Waals surface area contributed by atoms with Crippen molar-refractivity contribution in [3.8, 4) is 5.75 Å². The topological polar surface area (TPSA) is 75.8 Å². The molecule has 0 radical (unpaired) electrons. The lowest BCUT2D eigenvalue weighted by Gasteiger charge is -2.36. The first-order valence-corrected chi connectivity index (χ1v) is 10.4. The lowest BCUT2D eigenvalue weighted by Crippen LogP contribution is -2.39. The van der Waals surface area contributed by atoms with Gasteiger partial charge in [0.25, 0.3) is 0 Å². The normalized spacial score (nSPS) is 17.9. The molecule has 0 heterocycles. The van der Waals surface area contributed by atoms with Crippen molar-refractivity contribution in [3.63, 3.8) is 0 Å². The van der Waals surface area contributed by atoms with Gasteiger partial charge in [-0.05, 0) is 42.6 Å². The zero-order chi connectivity index (χ0) is 21.8. The molecule has 3 aromatic rings. The molecule has 3 aromatic carbocycles. The van der Waals surface area contributed by atoms with Gasteiger partial charge in [0.1, 0.15) is 6.61 Å². The standard InChI is InChI=1S/C25H26N2O4/c1-26(16-18-8-4-2-5-9-18)22-14-12-20-21(25(22)28)13-15-23(24(20)27(29)30)31-17-19-10-6-3-7-11-19/h2-11,13,15,22,25,28H,12,14,16-17H2,1H3/t22-,25-/m1/s1. The van der Waals surface area contributed by atoms with Crippen LogP contribution in [0.15, 0.2) is 72.8 Å². The summed E-state index contributed by atoms with van der Waals surface area (Å²) < 4.78 is 5.81. The lowest BCUT2D eigenvalue weighted by molar-refractivity contribution is -0.386. The summed E-state index contributed by atoms with van der Waals surface area (Å²) >= 11 is 0. The number of fused-ring (bicyclic) bond motifs is 1. The van der Waals surface area contributed by atoms with Crippen LogP contribution in [0.25, 0.3) is 0 Å². The minimum Gasteiger partial charge on any atom is -0.482 e. The van der Waals surface area contributed by atoms with Gasteiger partial charge in [-0.2, -0.15) is 0 Å². The Bertz CT molecular complexity index is 1040. The van der Waals surface area contributed by atoms with Crippen molar-refractivity contribution in [2.75, 3.05) is 7.05 Å². The Morgan fingerprint density at radius 2 is 1.68 bits per heavy atom. The van der Waals surface area contributed by atoms with E-state index in [1.165, 1.54) is 5.56 Å². The third-order valence-electron chi connectivity index (χ3n) is 5.92. The first kappa shape index (κ1) is 21.0. The molecule has 0 aromatic heterocycles. The number of ether oxygens (including phenoxy) is 1. The molecule has 0 bridgehead atoms. The van der Waals surface area contributed by atoms with Gasteiger partial charge in [-0.3, -0.25) is 15.0 Å². The Morgan fingerprint density at radius 1 is 1.03 bits per heavy atom. The van der Waals surface area contributed by atoms with Gasteiger partial charge in [-0.15, -0.1) is 0 Å². The van der Waals surface area contributed by atoms with Crippen LogP contribution in [-0.2, 0) is 19.6 Å². The Balaban J connectivity index is 1.56. The predicted octanol–water partition coefficient (Wildman–Crippen LogP) is 4.65. The number of hydrogen-bond donors (Lipinski definition) is 1. The first-order valence-electron chi connectivity index (χ1n) is 10.4. The van der Waals surface area contributed by atoms with Crippen molar-refractivity contribution in [3.05, 3.63) is 105 Å². The smallest absolute Gasteiger partial charge is 0.314 e. The van der Waals surface area contributed by atoms with Crippen molar-refractivity contribution in [1.82, 2.24) is 4.90 Å². The van der Waals surface area contributed by atoms with Gasteiger partial charge in [0.2, 0.25) is 0 Å². The number of hydrogen-bond acceptors (Lipinski definition) is 5. The van der Waals surface area contributed by atoms with Crippen molar-refractivity contribution < 1.29 is 14.8 Å². The lowest BCUT2D eigenvalue weighted by atomic mass is 9.84. The molecule has 0 unspecified atom stereocenters. The Kier molecular flexibility index (Phi) is 6.30. The number of benzene rings is 3. The molecule has 0 amide bonds. The van der Waals surface area contributed by atoms with Crippen LogP contribution < -0.4 is 4.74 Å². The van der Waals surface area contributed by atoms with Gasteiger partial charge in [0.15, 0.2) is 5.75 Å². The zero-order valence-corrected chi connectivity index (χ0v) is 17.5. The van der Waals surface area contributed by atoms with Crippen LogP contribution in [-0.4, -0.2) is 28.0 Å². The fraction of sp³-hybridized carbons (Fsp3) is 0.280. The second kappa shape index (κ2) is 9.29. The third-order valence-corrected chi connectivity index (χ3v) is 5.92. The number of rotatable bonds is 7. The molecule has 0 fully saturated rings. The molecule has 1 aliphatic carbocycles. The maximum Gasteiger partial charge on any atom is 0.314 e. The van der Waals surface area contributed by atoms with Crippen LogP contribution in [0.3, 0.4) is 0 Å². The number of nitro groups is 1. The Morgan fingerprint density at radius 3 is 2.32 bits per heavy atom. The highest BCUT2D eigenvalue weighted by Gasteiger charge is 2.36. The fourth-order valence-corrected chi connectivity index (χ4v) is 4.33. The summed E-state index contributed by atoms with van der Waals surface area (Å²) in [6, 6.07) is 22.9. The van der Waals surface area contributed by atoms with E-state index in [1.807, 2.05) is 55.6 Å². The highest BCUT2D eigenvalue weighted by molar-refractivity contribution is 5.58. The molecular formula is C25H26N2O4. The Labute approximate surface area is 181 Å². The van der Waals surface area contributed by atoms with E-state index in [2.05, 4.69) is 17.0 Å². The van der Waals surface area contributed by atoms with Gasteiger partial charge in [-0.25, -0.2) is 0 Å². The predicted molar refractivity (Wildman–Crippen MR) is 119 cm³/mol. The molecule has 31 heavy (non-hydrogen) atoms. The molecule has 0 saturated carbocycles. The second-order valence-electron chi connectivity index (χ2n) is 7.96. The molecule has 2 atom stereocenters. The van der Waals surface area contributed by atoms with Crippen LogP contribution in [0.2, 0.25) is 0 Å². The molecule has 160 valence electrons. The second-order valence-corrected chi connectivity index (χ2v) is 7.96. The summed E-state index contributed by atoms with van der Waals surface area (Å²) in [6.07, 6.45) is 0.370. The molecule has 0 saturated heterocycles. The monoisotopic (exact) mass is 418 g/mol. The third kappa shape index (κ3) is 4.60. The van der Waals surface area contributed by atoms with E-state index in [9.17, 15) is 15.2 Å². The number of aliphatic hydroxyl groups excluding tert-OH is 1. The van der Waals surface area contributed by atoms with E-state index in [1.54, 1.807) is 12.1 Å². The summed E-state index contributed by atoms with van der Waals surface area (Å²) in [7, 11) is 1.98. The average molecular weight is 418 g/mol. The van der Waals surface area contributed by atoms with Gasteiger partial charge < -0.3 is 9.84 Å². The van der Waals surface area contributed by atoms with Gasteiger partial charge in [-0.1, -0.05) is 66.7 Å². The summed E-state index contributed by atoms with van der Waals surface area (Å²) in [5.74, 6) is 0.246. The highest BCUT2D eigenvalue weighted by atomic mass is 16.6. The quantitative estimate of drug-likeness (QED) is 0.446. The Hall–Kier alpha value is -3.22.